The maximum Gasteiger partial charge on any atom is 0.416 e. The van der Waals surface area contributed by atoms with E-state index >= 15 is 0 Å². The van der Waals surface area contributed by atoms with E-state index in [4.69, 9.17) is 26.6 Å². The number of sulfone groups is 1. The molecule has 2 N–H and O–H groups in total. The minimum absolute atomic E-state index is 0.0352. The monoisotopic (exact) mass is 623 g/mol. The van der Waals surface area contributed by atoms with E-state index in [0.29, 0.717) is 23.6 Å². The normalized spacial score (nSPS) is 13.2. The van der Waals surface area contributed by atoms with Gasteiger partial charge in [0.2, 0.25) is 0 Å². The highest BCUT2D eigenvalue weighted by molar-refractivity contribution is 7.90. The van der Waals surface area contributed by atoms with Crippen LogP contribution >= 0.6 is 11.6 Å². The largest absolute Gasteiger partial charge is 0.456 e. The summed E-state index contributed by atoms with van der Waals surface area (Å²) >= 11 is 5.94. The van der Waals surface area contributed by atoms with Crippen molar-refractivity contribution in [3.05, 3.63) is 104 Å². The van der Waals surface area contributed by atoms with Gasteiger partial charge in [0.15, 0.2) is 21.4 Å². The Balaban J connectivity index is 0.000000201. The van der Waals surface area contributed by atoms with Crippen LogP contribution in [0.3, 0.4) is 0 Å². The van der Waals surface area contributed by atoms with Crippen molar-refractivity contribution >= 4 is 38.6 Å². The van der Waals surface area contributed by atoms with Crippen molar-refractivity contribution in [2.45, 2.75) is 29.8 Å². The Labute approximate surface area is 241 Å². The second kappa shape index (κ2) is 11.8. The van der Waals surface area contributed by atoms with Gasteiger partial charge in [-0.15, -0.1) is 0 Å². The Morgan fingerprint density at radius 3 is 2.36 bits per heavy atom. The molecule has 220 valence electrons. The molecule has 15 heteroatoms. The van der Waals surface area contributed by atoms with Crippen molar-refractivity contribution < 1.29 is 40.6 Å². The first kappa shape index (κ1) is 30.5. The smallest absolute Gasteiger partial charge is 0.416 e. The number of nitrogens with zero attached hydrogens (tertiary/aromatic N) is 2. The number of nitrogens with two attached hydrogens (primary N) is 1. The van der Waals surface area contributed by atoms with Gasteiger partial charge in [0, 0.05) is 23.8 Å². The van der Waals surface area contributed by atoms with Gasteiger partial charge in [-0.25, -0.2) is 8.42 Å². The zero-order valence-corrected chi connectivity index (χ0v) is 23.2. The number of carbonyl (C=O) groups is 1. The van der Waals surface area contributed by atoms with Crippen LogP contribution in [0.1, 0.15) is 46.0 Å². The molecule has 1 aromatic heterocycles. The molecule has 0 bridgehead atoms. The number of nitro benzene ring substituents is 1. The number of ether oxygens (including phenoxy) is 1. The fourth-order valence-corrected chi connectivity index (χ4v) is 4.91. The molecule has 1 heterocycles. The van der Waals surface area contributed by atoms with E-state index in [1.807, 2.05) is 6.07 Å². The molecular weight excluding hydrogens is 603 g/mol. The highest BCUT2D eigenvalue weighted by Gasteiger charge is 2.36. The second-order valence-electron chi connectivity index (χ2n) is 9.17. The van der Waals surface area contributed by atoms with Crippen molar-refractivity contribution in [1.29, 1.82) is 0 Å². The summed E-state index contributed by atoms with van der Waals surface area (Å²) in [6.07, 6.45) is -1.14. The highest BCUT2D eigenvalue weighted by Crippen LogP contribution is 2.42. The number of halogens is 4. The molecule has 0 aliphatic heterocycles. The average Bonchev–Trinajstić information content (AvgIpc) is 3.66. The third kappa shape index (κ3) is 6.89. The van der Waals surface area contributed by atoms with Crippen LogP contribution in [0.15, 0.2) is 76.3 Å². The standard InChI is InChI=1S/C15H12F3NO4S.C12H9ClN2O3/c1-24(21,22)12-6-9(15(16,17)18)4-5-10(12)13(20)11-7-19-23-14(11)8-2-3-8;13-11-10(18-8-4-2-1-3-5-8)7-6-9(12(11)14)15(16)17/h4-8H,2-3H2,1H3;1-7H,14H2. The zero-order valence-electron chi connectivity index (χ0n) is 21.6. The topological polar surface area (TPSA) is 156 Å². The summed E-state index contributed by atoms with van der Waals surface area (Å²) in [6, 6.07) is 13.7. The average molecular weight is 624 g/mol. The molecule has 0 amide bonds. The van der Waals surface area contributed by atoms with Crippen LogP contribution < -0.4 is 10.5 Å². The van der Waals surface area contributed by atoms with E-state index in [1.54, 1.807) is 24.3 Å². The molecule has 5 rings (SSSR count). The summed E-state index contributed by atoms with van der Waals surface area (Å²) in [4.78, 5) is 22.1. The van der Waals surface area contributed by atoms with E-state index in [-0.39, 0.29) is 39.2 Å². The molecule has 0 atom stereocenters. The van der Waals surface area contributed by atoms with E-state index in [2.05, 4.69) is 5.16 Å². The SMILES string of the molecule is CS(=O)(=O)c1cc(C(F)(F)F)ccc1C(=O)c1cnoc1C1CC1.Nc1c([N+](=O)[O-])ccc(Oc2ccccc2)c1Cl. The van der Waals surface area contributed by atoms with Gasteiger partial charge in [-0.3, -0.25) is 14.9 Å². The van der Waals surface area contributed by atoms with Crippen LogP contribution in [0.5, 0.6) is 11.5 Å². The molecule has 1 aliphatic rings. The first-order valence-corrected chi connectivity index (χ1v) is 14.3. The molecule has 0 saturated heterocycles. The molecule has 0 radical (unpaired) electrons. The molecular formula is C27H21ClF3N3O7S. The maximum atomic E-state index is 12.8. The minimum Gasteiger partial charge on any atom is -0.456 e. The molecule has 10 nitrogen and oxygen atoms in total. The quantitative estimate of drug-likeness (QED) is 0.101. The van der Waals surface area contributed by atoms with Crippen molar-refractivity contribution in [3.8, 4) is 11.5 Å². The van der Waals surface area contributed by atoms with Crippen molar-refractivity contribution in [2.75, 3.05) is 12.0 Å². The van der Waals surface area contributed by atoms with Gasteiger partial charge in [0.05, 0.1) is 27.1 Å². The predicted molar refractivity (Wildman–Crippen MR) is 145 cm³/mol. The van der Waals surface area contributed by atoms with Crippen LogP contribution in [-0.2, 0) is 16.0 Å². The minimum atomic E-state index is -4.71. The Morgan fingerprint density at radius 1 is 1.12 bits per heavy atom. The lowest BCUT2D eigenvalue weighted by atomic mass is 10.0. The van der Waals surface area contributed by atoms with Gasteiger partial charge >= 0.3 is 6.18 Å². The molecule has 1 saturated carbocycles. The predicted octanol–water partition coefficient (Wildman–Crippen LogP) is 6.83. The second-order valence-corrected chi connectivity index (χ2v) is 11.5. The number of alkyl halides is 3. The number of benzene rings is 3. The van der Waals surface area contributed by atoms with E-state index < -0.39 is 37.2 Å². The van der Waals surface area contributed by atoms with Gasteiger partial charge in [-0.1, -0.05) is 35.0 Å². The number of aromatic nitrogens is 1. The lowest BCUT2D eigenvalue weighted by molar-refractivity contribution is -0.383. The van der Waals surface area contributed by atoms with Crippen LogP contribution in [-0.4, -0.2) is 30.5 Å². The number of rotatable bonds is 7. The maximum absolute atomic E-state index is 12.8. The lowest BCUT2D eigenvalue weighted by Crippen LogP contribution is -2.13. The number of ketones is 1. The first-order chi connectivity index (χ1) is 19.7. The van der Waals surface area contributed by atoms with Gasteiger partial charge in [-0.2, -0.15) is 13.2 Å². The molecule has 1 aliphatic carbocycles. The fraction of sp³-hybridized carbons (Fsp3) is 0.185. The van der Waals surface area contributed by atoms with Crippen molar-refractivity contribution in [1.82, 2.24) is 5.16 Å². The third-order valence-corrected chi connectivity index (χ3v) is 7.56. The number of nitrogen functional groups attached to an aromatic ring is 1. The van der Waals surface area contributed by atoms with Gasteiger partial charge in [0.1, 0.15) is 22.2 Å². The third-order valence-electron chi connectivity index (χ3n) is 6.03. The Bertz CT molecular complexity index is 1760. The number of para-hydroxylation sites is 1. The summed E-state index contributed by atoms with van der Waals surface area (Å²) in [5.74, 6) is 0.535. The van der Waals surface area contributed by atoms with E-state index in [1.165, 1.54) is 18.3 Å². The fourth-order valence-electron chi connectivity index (χ4n) is 3.81. The van der Waals surface area contributed by atoms with Crippen LogP contribution in [0.4, 0.5) is 24.5 Å². The van der Waals surface area contributed by atoms with E-state index in [9.17, 15) is 36.5 Å². The van der Waals surface area contributed by atoms with E-state index in [0.717, 1.165) is 25.2 Å². The van der Waals surface area contributed by atoms with Crippen molar-refractivity contribution in [2.24, 2.45) is 0 Å². The summed E-state index contributed by atoms with van der Waals surface area (Å²) in [5, 5.41) is 14.3. The molecule has 0 spiro atoms. The first-order valence-electron chi connectivity index (χ1n) is 12.0. The highest BCUT2D eigenvalue weighted by atomic mass is 35.5. The Hall–Kier alpha value is -4.43. The van der Waals surface area contributed by atoms with Crippen LogP contribution in [0.25, 0.3) is 0 Å². The van der Waals surface area contributed by atoms with Gasteiger partial charge < -0.3 is 15.0 Å². The van der Waals surface area contributed by atoms with Crippen LogP contribution in [0, 0.1) is 10.1 Å². The summed E-state index contributed by atoms with van der Waals surface area (Å²) in [6.45, 7) is 0. The number of carbonyl (C=O) groups excluding carboxylic acids is 1. The molecule has 1 fully saturated rings. The number of hydrogen-bond donors (Lipinski definition) is 1. The molecule has 4 aromatic rings. The Kier molecular flexibility index (Phi) is 8.59. The number of anilines is 1. The number of hydrogen-bond acceptors (Lipinski definition) is 9. The van der Waals surface area contributed by atoms with Gasteiger partial charge in [0.25, 0.3) is 5.69 Å². The summed E-state index contributed by atoms with van der Waals surface area (Å²) < 4.78 is 72.8. The summed E-state index contributed by atoms with van der Waals surface area (Å²) in [7, 11) is -4.04. The molecule has 3 aromatic carbocycles. The molecule has 0 unspecified atom stereocenters. The Morgan fingerprint density at radius 2 is 1.79 bits per heavy atom. The summed E-state index contributed by atoms with van der Waals surface area (Å²) in [5.41, 5.74) is 3.88. The van der Waals surface area contributed by atoms with Crippen molar-refractivity contribution in [3.63, 3.8) is 0 Å². The van der Waals surface area contributed by atoms with Crippen LogP contribution in [0.2, 0.25) is 5.02 Å². The number of nitro groups is 1. The molecule has 42 heavy (non-hydrogen) atoms. The lowest BCUT2D eigenvalue weighted by Gasteiger charge is -2.11. The van der Waals surface area contributed by atoms with Gasteiger partial charge in [-0.05, 0) is 49.2 Å². The zero-order chi connectivity index (χ0) is 30.8.